The molecule has 0 spiro atoms. The highest BCUT2D eigenvalue weighted by atomic mass is 16.6. The second kappa shape index (κ2) is 9.88. The summed E-state index contributed by atoms with van der Waals surface area (Å²) in [6, 6.07) is 14.7. The van der Waals surface area contributed by atoms with Crippen molar-refractivity contribution in [2.45, 2.75) is 38.3 Å². The lowest BCUT2D eigenvalue weighted by atomic mass is 10.2. The van der Waals surface area contributed by atoms with Crippen molar-refractivity contribution in [3.8, 4) is 22.9 Å². The van der Waals surface area contributed by atoms with Crippen LogP contribution in [0.15, 0.2) is 78.1 Å². The van der Waals surface area contributed by atoms with Crippen molar-refractivity contribution in [3.05, 3.63) is 93.9 Å². The van der Waals surface area contributed by atoms with Gasteiger partial charge < -0.3 is 19.6 Å². The number of ether oxygens (including phenoxy) is 2. The standard InChI is InChI=1S/C25H25N5O5/c31-25-28(15-16-29(25)20-7-11-23(12-8-20)35-22-3-1-2-4-22)19-5-9-21(10-6-19)34-18-17-27-14-13-26-24(27)30(32)33/h5-16,22H,1-4,17-18H2. The maximum atomic E-state index is 13.0. The minimum Gasteiger partial charge on any atom is -0.490 e. The molecule has 0 saturated heterocycles. The van der Waals surface area contributed by atoms with Crippen LogP contribution in [0.1, 0.15) is 25.7 Å². The van der Waals surface area contributed by atoms with Gasteiger partial charge in [-0.05, 0) is 79.1 Å². The number of nitrogens with zero attached hydrogens (tertiary/aromatic N) is 5. The summed E-state index contributed by atoms with van der Waals surface area (Å²) in [5, 5.41) is 10.9. The molecule has 1 aliphatic rings. The van der Waals surface area contributed by atoms with Gasteiger partial charge in [0.2, 0.25) is 0 Å². The Morgan fingerprint density at radius 3 is 2.11 bits per heavy atom. The van der Waals surface area contributed by atoms with E-state index in [1.165, 1.54) is 29.8 Å². The maximum Gasteiger partial charge on any atom is 0.434 e. The fraction of sp³-hybridized carbons (Fsp3) is 0.280. The zero-order valence-electron chi connectivity index (χ0n) is 19.0. The van der Waals surface area contributed by atoms with Crippen molar-refractivity contribution >= 4 is 5.95 Å². The highest BCUT2D eigenvalue weighted by Crippen LogP contribution is 2.24. The molecule has 0 aliphatic heterocycles. The van der Waals surface area contributed by atoms with Crippen LogP contribution in [-0.4, -0.2) is 36.3 Å². The van der Waals surface area contributed by atoms with Crippen molar-refractivity contribution in [1.29, 1.82) is 0 Å². The summed E-state index contributed by atoms with van der Waals surface area (Å²) >= 11 is 0. The molecular formula is C25H25N5O5. The van der Waals surface area contributed by atoms with Crippen molar-refractivity contribution in [2.24, 2.45) is 0 Å². The molecule has 35 heavy (non-hydrogen) atoms. The molecule has 0 bridgehead atoms. The average Bonchev–Trinajstić information content (AvgIpc) is 3.62. The average molecular weight is 476 g/mol. The van der Waals surface area contributed by atoms with Gasteiger partial charge in [-0.1, -0.05) is 4.98 Å². The van der Waals surface area contributed by atoms with Crippen LogP contribution < -0.4 is 15.2 Å². The summed E-state index contributed by atoms with van der Waals surface area (Å²) in [5.74, 6) is 1.21. The molecule has 0 atom stereocenters. The number of rotatable bonds is 9. The van der Waals surface area contributed by atoms with Gasteiger partial charge in [0.15, 0.2) is 0 Å². The van der Waals surface area contributed by atoms with Crippen molar-refractivity contribution in [3.63, 3.8) is 0 Å². The monoisotopic (exact) mass is 475 g/mol. The number of hydrogen-bond acceptors (Lipinski definition) is 6. The van der Waals surface area contributed by atoms with Gasteiger partial charge in [0.1, 0.15) is 37.0 Å². The first-order valence-corrected chi connectivity index (χ1v) is 11.5. The van der Waals surface area contributed by atoms with Crippen molar-refractivity contribution in [2.75, 3.05) is 6.61 Å². The normalized spacial score (nSPS) is 13.7. The number of benzene rings is 2. The van der Waals surface area contributed by atoms with Gasteiger partial charge in [-0.25, -0.2) is 9.36 Å². The molecule has 180 valence electrons. The van der Waals surface area contributed by atoms with Gasteiger partial charge in [-0.15, -0.1) is 0 Å². The molecule has 0 N–H and O–H groups in total. The van der Waals surface area contributed by atoms with Crippen LogP contribution in [0.4, 0.5) is 5.95 Å². The third kappa shape index (κ3) is 4.96. The highest BCUT2D eigenvalue weighted by Gasteiger charge is 2.17. The first-order valence-electron chi connectivity index (χ1n) is 11.5. The van der Waals surface area contributed by atoms with E-state index in [1.807, 2.05) is 24.3 Å². The Labute approximate surface area is 201 Å². The van der Waals surface area contributed by atoms with Crippen LogP contribution in [0, 0.1) is 10.1 Å². The Morgan fingerprint density at radius 2 is 1.51 bits per heavy atom. The smallest absolute Gasteiger partial charge is 0.434 e. The van der Waals surface area contributed by atoms with E-state index in [0.717, 1.165) is 24.3 Å². The van der Waals surface area contributed by atoms with Crippen LogP contribution in [0.2, 0.25) is 0 Å². The first kappa shape index (κ1) is 22.5. The molecule has 2 heterocycles. The maximum absolute atomic E-state index is 13.0. The summed E-state index contributed by atoms with van der Waals surface area (Å²) in [5.41, 5.74) is 1.28. The van der Waals surface area contributed by atoms with Crippen LogP contribution in [-0.2, 0) is 6.54 Å². The lowest BCUT2D eigenvalue weighted by molar-refractivity contribution is -0.396. The Hall–Kier alpha value is -4.34. The Morgan fingerprint density at radius 1 is 0.914 bits per heavy atom. The summed E-state index contributed by atoms with van der Waals surface area (Å²) in [6.45, 7) is 0.540. The molecule has 1 saturated carbocycles. The molecule has 0 radical (unpaired) electrons. The van der Waals surface area contributed by atoms with Gasteiger partial charge >= 0.3 is 11.6 Å². The third-order valence-electron chi connectivity index (χ3n) is 6.07. The summed E-state index contributed by atoms with van der Waals surface area (Å²) in [7, 11) is 0. The molecular weight excluding hydrogens is 450 g/mol. The highest BCUT2D eigenvalue weighted by molar-refractivity contribution is 5.40. The minimum atomic E-state index is -0.530. The lowest BCUT2D eigenvalue weighted by Gasteiger charge is -2.13. The Balaban J connectivity index is 1.22. The van der Waals surface area contributed by atoms with Gasteiger partial charge in [-0.3, -0.25) is 9.13 Å². The van der Waals surface area contributed by atoms with E-state index >= 15 is 0 Å². The van der Waals surface area contributed by atoms with E-state index in [1.54, 1.807) is 45.8 Å². The van der Waals surface area contributed by atoms with E-state index in [2.05, 4.69) is 4.98 Å². The van der Waals surface area contributed by atoms with E-state index in [0.29, 0.717) is 24.1 Å². The Kier molecular flexibility index (Phi) is 6.34. The van der Waals surface area contributed by atoms with Crippen molar-refractivity contribution < 1.29 is 14.4 Å². The van der Waals surface area contributed by atoms with Gasteiger partial charge in [-0.2, -0.15) is 0 Å². The van der Waals surface area contributed by atoms with Crippen LogP contribution in [0.5, 0.6) is 11.5 Å². The quantitative estimate of drug-likeness (QED) is 0.266. The molecule has 10 heteroatoms. The van der Waals surface area contributed by atoms with Gasteiger partial charge in [0.05, 0.1) is 17.5 Å². The predicted molar refractivity (Wildman–Crippen MR) is 129 cm³/mol. The molecule has 1 fully saturated rings. The second-order valence-electron chi connectivity index (χ2n) is 8.36. The fourth-order valence-electron chi connectivity index (χ4n) is 4.27. The number of aromatic nitrogens is 4. The summed E-state index contributed by atoms with van der Waals surface area (Å²) in [4.78, 5) is 27.1. The topological polar surface area (TPSA) is 106 Å². The predicted octanol–water partition coefficient (Wildman–Crippen LogP) is 4.13. The van der Waals surface area contributed by atoms with Crippen LogP contribution >= 0.6 is 0 Å². The number of nitro groups is 1. The molecule has 4 aromatic rings. The third-order valence-corrected chi connectivity index (χ3v) is 6.07. The molecule has 0 amide bonds. The van der Waals surface area contributed by atoms with E-state index < -0.39 is 4.92 Å². The fourth-order valence-corrected chi connectivity index (χ4v) is 4.27. The number of imidazole rings is 2. The Bertz CT molecular complexity index is 1350. The largest absolute Gasteiger partial charge is 0.490 e. The molecule has 5 rings (SSSR count). The second-order valence-corrected chi connectivity index (χ2v) is 8.36. The molecule has 10 nitrogen and oxygen atoms in total. The lowest BCUT2D eigenvalue weighted by Crippen LogP contribution is -2.21. The SMILES string of the molecule is O=c1n(-c2ccc(OCCn3ccnc3[N+](=O)[O-])cc2)ccn1-c1ccc(OC2CCCC2)cc1. The van der Waals surface area contributed by atoms with Gasteiger partial charge in [0, 0.05) is 12.4 Å². The number of hydrogen-bond donors (Lipinski definition) is 0. The zero-order chi connectivity index (χ0) is 24.2. The van der Waals surface area contributed by atoms with E-state index in [4.69, 9.17) is 9.47 Å². The summed E-state index contributed by atoms with van der Waals surface area (Å²) in [6.07, 6.45) is 11.3. The van der Waals surface area contributed by atoms with E-state index in [9.17, 15) is 14.9 Å². The molecule has 0 unspecified atom stereocenters. The molecule has 2 aromatic carbocycles. The van der Waals surface area contributed by atoms with E-state index in [-0.39, 0.29) is 18.2 Å². The first-order chi connectivity index (χ1) is 17.1. The van der Waals surface area contributed by atoms with Gasteiger partial charge in [0.25, 0.3) is 0 Å². The summed E-state index contributed by atoms with van der Waals surface area (Å²) < 4.78 is 16.3. The minimum absolute atomic E-state index is 0.185. The van der Waals surface area contributed by atoms with Crippen LogP contribution in [0.3, 0.4) is 0 Å². The molecule has 1 aliphatic carbocycles. The van der Waals surface area contributed by atoms with Crippen molar-refractivity contribution in [1.82, 2.24) is 18.7 Å². The van der Waals surface area contributed by atoms with Crippen LogP contribution in [0.25, 0.3) is 11.4 Å². The zero-order valence-corrected chi connectivity index (χ0v) is 19.0. The molecule has 2 aromatic heterocycles.